The van der Waals surface area contributed by atoms with Gasteiger partial charge < -0.3 is 14.7 Å². The molecule has 1 saturated heterocycles. The van der Waals surface area contributed by atoms with Crippen LogP contribution in [0.1, 0.15) is 24.7 Å². The van der Waals surface area contributed by atoms with Crippen LogP contribution in [0.25, 0.3) is 11.4 Å². The number of carbonyl (C=O) groups excluding carboxylic acids is 1. The van der Waals surface area contributed by atoms with Gasteiger partial charge in [0, 0.05) is 23.7 Å². The fourth-order valence-corrected chi connectivity index (χ4v) is 3.99. The van der Waals surface area contributed by atoms with E-state index in [1.807, 2.05) is 12.1 Å². The number of nitrogens with zero attached hydrogens (tertiary/aromatic N) is 3. The van der Waals surface area contributed by atoms with E-state index in [2.05, 4.69) is 15.5 Å². The minimum atomic E-state index is -0.265. The Labute approximate surface area is 182 Å². The molecular formula is C20H17Cl3N4O2. The number of rotatable bonds is 3. The zero-order chi connectivity index (χ0) is 20.4. The third-order valence-corrected chi connectivity index (χ3v) is 5.64. The molecule has 9 heteroatoms. The van der Waals surface area contributed by atoms with Crippen molar-refractivity contribution >= 4 is 46.5 Å². The van der Waals surface area contributed by atoms with Gasteiger partial charge in [0.25, 0.3) is 0 Å². The Morgan fingerprint density at radius 2 is 1.90 bits per heavy atom. The van der Waals surface area contributed by atoms with Crippen molar-refractivity contribution in [3.63, 3.8) is 0 Å². The fourth-order valence-electron chi connectivity index (χ4n) is 3.31. The number of hydrogen-bond acceptors (Lipinski definition) is 4. The average molecular weight is 452 g/mol. The Hall–Kier alpha value is -2.28. The summed E-state index contributed by atoms with van der Waals surface area (Å²) in [6.45, 7) is 1.09. The van der Waals surface area contributed by atoms with E-state index in [9.17, 15) is 4.79 Å². The van der Waals surface area contributed by atoms with Crippen molar-refractivity contribution in [2.24, 2.45) is 0 Å². The molecule has 6 nitrogen and oxygen atoms in total. The summed E-state index contributed by atoms with van der Waals surface area (Å²) < 4.78 is 5.48. The number of halogens is 3. The number of likely N-dealkylation sites (tertiary alicyclic amines) is 1. The van der Waals surface area contributed by atoms with Crippen LogP contribution in [0, 0.1) is 0 Å². The lowest BCUT2D eigenvalue weighted by Gasteiger charge is -2.31. The van der Waals surface area contributed by atoms with Crippen LogP contribution in [0.5, 0.6) is 0 Å². The molecule has 2 amide bonds. The molecule has 2 aromatic carbocycles. The first kappa shape index (κ1) is 20.0. The van der Waals surface area contributed by atoms with Crippen LogP contribution in [0.15, 0.2) is 47.0 Å². The summed E-state index contributed by atoms with van der Waals surface area (Å²) in [4.78, 5) is 18.9. The van der Waals surface area contributed by atoms with E-state index in [1.165, 1.54) is 0 Å². The molecule has 4 rings (SSSR count). The highest BCUT2D eigenvalue weighted by molar-refractivity contribution is 6.39. The molecule has 0 aliphatic carbocycles. The first-order valence-corrected chi connectivity index (χ1v) is 10.2. The van der Waals surface area contributed by atoms with Crippen molar-refractivity contribution in [3.8, 4) is 11.4 Å². The molecule has 1 aromatic heterocycles. The van der Waals surface area contributed by atoms with Crippen LogP contribution in [0.4, 0.5) is 10.5 Å². The molecule has 1 unspecified atom stereocenters. The Morgan fingerprint density at radius 1 is 1.14 bits per heavy atom. The van der Waals surface area contributed by atoms with Crippen molar-refractivity contribution in [2.45, 2.75) is 18.8 Å². The number of piperidine rings is 1. The molecule has 0 spiro atoms. The molecule has 29 heavy (non-hydrogen) atoms. The maximum absolute atomic E-state index is 12.7. The standard InChI is InChI=1S/C20H17Cl3N4O2/c21-14-6-1-4-12(10-14)18-25-19(29-26-18)13-5-3-9-27(11-13)20(28)24-17-15(22)7-2-8-16(17)23/h1-2,4,6-8,10,13H,3,5,9,11H2,(H,24,28). The van der Waals surface area contributed by atoms with Gasteiger partial charge in [0.1, 0.15) is 0 Å². The van der Waals surface area contributed by atoms with Gasteiger partial charge in [0.15, 0.2) is 0 Å². The molecule has 1 aliphatic heterocycles. The van der Waals surface area contributed by atoms with Gasteiger partial charge in [-0.2, -0.15) is 4.98 Å². The summed E-state index contributed by atoms with van der Waals surface area (Å²) >= 11 is 18.3. The molecule has 150 valence electrons. The van der Waals surface area contributed by atoms with Crippen LogP contribution in [0.2, 0.25) is 15.1 Å². The highest BCUT2D eigenvalue weighted by atomic mass is 35.5. The number of amides is 2. The lowest BCUT2D eigenvalue weighted by Crippen LogP contribution is -2.41. The van der Waals surface area contributed by atoms with E-state index in [0.29, 0.717) is 45.6 Å². The van der Waals surface area contributed by atoms with Gasteiger partial charge >= 0.3 is 6.03 Å². The summed E-state index contributed by atoms with van der Waals surface area (Å²) in [6.07, 6.45) is 1.68. The predicted octanol–water partition coefficient (Wildman–Crippen LogP) is 6.11. The number of hydrogen-bond donors (Lipinski definition) is 1. The van der Waals surface area contributed by atoms with Crippen LogP contribution < -0.4 is 5.32 Å². The molecule has 1 fully saturated rings. The smallest absolute Gasteiger partial charge is 0.321 e. The summed E-state index contributed by atoms with van der Waals surface area (Å²) in [5.74, 6) is 0.942. The topological polar surface area (TPSA) is 71.3 Å². The van der Waals surface area contributed by atoms with E-state index in [0.717, 1.165) is 18.4 Å². The maximum Gasteiger partial charge on any atom is 0.321 e. The third-order valence-electron chi connectivity index (χ3n) is 4.78. The molecule has 1 atom stereocenters. The second-order valence-corrected chi connectivity index (χ2v) is 8.03. The number of nitrogens with one attached hydrogen (secondary N) is 1. The first-order valence-electron chi connectivity index (χ1n) is 9.11. The number of para-hydroxylation sites is 1. The van der Waals surface area contributed by atoms with Crippen molar-refractivity contribution in [2.75, 3.05) is 18.4 Å². The summed E-state index contributed by atoms with van der Waals surface area (Å²) in [5.41, 5.74) is 1.19. The van der Waals surface area contributed by atoms with E-state index in [-0.39, 0.29) is 11.9 Å². The molecule has 2 heterocycles. The second kappa shape index (κ2) is 8.61. The van der Waals surface area contributed by atoms with E-state index >= 15 is 0 Å². The van der Waals surface area contributed by atoms with Crippen molar-refractivity contribution in [3.05, 3.63) is 63.4 Å². The number of benzene rings is 2. The van der Waals surface area contributed by atoms with Gasteiger partial charge in [-0.3, -0.25) is 0 Å². The number of anilines is 1. The maximum atomic E-state index is 12.7. The van der Waals surface area contributed by atoms with Crippen molar-refractivity contribution < 1.29 is 9.32 Å². The highest BCUT2D eigenvalue weighted by Gasteiger charge is 2.29. The summed E-state index contributed by atoms with van der Waals surface area (Å²) in [6, 6.07) is 12.1. The lowest BCUT2D eigenvalue weighted by atomic mass is 9.98. The largest absolute Gasteiger partial charge is 0.339 e. The second-order valence-electron chi connectivity index (χ2n) is 6.78. The van der Waals surface area contributed by atoms with Gasteiger partial charge in [-0.1, -0.05) is 58.2 Å². The summed E-state index contributed by atoms with van der Waals surface area (Å²) in [7, 11) is 0. The number of carbonyl (C=O) groups is 1. The summed E-state index contributed by atoms with van der Waals surface area (Å²) in [5, 5.41) is 8.25. The molecular weight excluding hydrogens is 435 g/mol. The van der Waals surface area contributed by atoms with Gasteiger partial charge in [-0.05, 0) is 37.1 Å². The van der Waals surface area contributed by atoms with E-state index in [4.69, 9.17) is 39.3 Å². The van der Waals surface area contributed by atoms with Gasteiger partial charge in [0.2, 0.25) is 11.7 Å². The molecule has 0 saturated carbocycles. The lowest BCUT2D eigenvalue weighted by molar-refractivity contribution is 0.184. The van der Waals surface area contributed by atoms with E-state index in [1.54, 1.807) is 35.2 Å². The van der Waals surface area contributed by atoms with Crippen LogP contribution in [-0.2, 0) is 0 Å². The van der Waals surface area contributed by atoms with Gasteiger partial charge in [-0.25, -0.2) is 4.79 Å². The highest BCUT2D eigenvalue weighted by Crippen LogP contribution is 2.32. The van der Waals surface area contributed by atoms with E-state index < -0.39 is 0 Å². The SMILES string of the molecule is O=C(Nc1c(Cl)cccc1Cl)N1CCCC(c2nc(-c3cccc(Cl)c3)no2)C1. The van der Waals surface area contributed by atoms with Crippen LogP contribution >= 0.6 is 34.8 Å². The minimum absolute atomic E-state index is 0.0448. The Morgan fingerprint density at radius 3 is 2.66 bits per heavy atom. The molecule has 0 bridgehead atoms. The molecule has 1 aliphatic rings. The quantitative estimate of drug-likeness (QED) is 0.521. The Balaban J connectivity index is 1.47. The van der Waals surface area contributed by atoms with Crippen molar-refractivity contribution in [1.82, 2.24) is 15.0 Å². The molecule has 3 aromatic rings. The van der Waals surface area contributed by atoms with Gasteiger partial charge in [-0.15, -0.1) is 0 Å². The Kier molecular flexibility index (Phi) is 5.94. The zero-order valence-corrected chi connectivity index (χ0v) is 17.5. The number of urea groups is 1. The van der Waals surface area contributed by atoms with Gasteiger partial charge in [0.05, 0.1) is 21.7 Å². The van der Waals surface area contributed by atoms with Crippen LogP contribution in [0.3, 0.4) is 0 Å². The first-order chi connectivity index (χ1) is 14.0. The number of aromatic nitrogens is 2. The molecule has 0 radical (unpaired) electrons. The average Bonchev–Trinajstić information content (AvgIpc) is 3.21. The minimum Gasteiger partial charge on any atom is -0.339 e. The monoisotopic (exact) mass is 450 g/mol. The van der Waals surface area contributed by atoms with Crippen LogP contribution in [-0.4, -0.2) is 34.2 Å². The molecule has 1 N–H and O–H groups in total. The van der Waals surface area contributed by atoms with Crippen molar-refractivity contribution in [1.29, 1.82) is 0 Å². The Bertz CT molecular complexity index is 1020. The zero-order valence-electron chi connectivity index (χ0n) is 15.2. The third kappa shape index (κ3) is 4.50. The predicted molar refractivity (Wildman–Crippen MR) is 114 cm³/mol. The fraction of sp³-hybridized carbons (Fsp3) is 0.250. The normalized spacial score (nSPS) is 16.7.